The van der Waals surface area contributed by atoms with Gasteiger partial charge in [0.1, 0.15) is 5.82 Å². The van der Waals surface area contributed by atoms with Gasteiger partial charge in [-0.3, -0.25) is 19.7 Å². The predicted molar refractivity (Wildman–Crippen MR) is 146 cm³/mol. The Morgan fingerprint density at radius 2 is 2.00 bits per heavy atom. The average molecular weight is 502 g/mol. The van der Waals surface area contributed by atoms with E-state index < -0.39 is 0 Å². The number of fused-ring (bicyclic) bond motifs is 1. The van der Waals surface area contributed by atoms with Gasteiger partial charge >= 0.3 is 0 Å². The summed E-state index contributed by atoms with van der Waals surface area (Å²) < 4.78 is 5.39. The summed E-state index contributed by atoms with van der Waals surface area (Å²) in [6, 6.07) is 10.2. The Labute approximate surface area is 218 Å². The number of nitrogens with one attached hydrogen (secondary N) is 2. The zero-order valence-electron chi connectivity index (χ0n) is 21.3. The van der Waals surface area contributed by atoms with Gasteiger partial charge in [0, 0.05) is 31.2 Å². The van der Waals surface area contributed by atoms with E-state index in [1.165, 1.54) is 5.56 Å². The minimum Gasteiger partial charge on any atom is -0.379 e. The van der Waals surface area contributed by atoms with E-state index in [1.54, 1.807) is 18.7 Å². The molecule has 37 heavy (non-hydrogen) atoms. The summed E-state index contributed by atoms with van der Waals surface area (Å²) in [6.07, 6.45) is 13.1. The van der Waals surface area contributed by atoms with Gasteiger partial charge < -0.3 is 20.3 Å². The molecule has 9 nitrogen and oxygen atoms in total. The van der Waals surface area contributed by atoms with Gasteiger partial charge in [0.15, 0.2) is 5.82 Å². The SMILES string of the molecule is CC(Nc1cncc(N2C=NC3C=CC(C(=O)NCCCCN4CCOCC4)=CC32)n1)c1ccccc1. The van der Waals surface area contributed by atoms with Crippen LogP contribution in [-0.4, -0.2) is 78.6 Å². The minimum absolute atomic E-state index is 0.0493. The number of unbranched alkanes of at least 4 members (excludes halogenated alkanes) is 1. The van der Waals surface area contributed by atoms with E-state index in [-0.39, 0.29) is 24.0 Å². The molecule has 1 saturated heterocycles. The number of amides is 1. The van der Waals surface area contributed by atoms with Crippen LogP contribution in [0.15, 0.2) is 71.5 Å². The first-order valence-electron chi connectivity index (χ1n) is 13.1. The average Bonchev–Trinajstić information content (AvgIpc) is 3.37. The van der Waals surface area contributed by atoms with Crippen LogP contribution in [0, 0.1) is 0 Å². The van der Waals surface area contributed by atoms with Gasteiger partial charge in [0.25, 0.3) is 5.91 Å². The third-order valence-corrected chi connectivity index (χ3v) is 6.96. The van der Waals surface area contributed by atoms with Crippen molar-refractivity contribution >= 4 is 23.9 Å². The highest BCUT2D eigenvalue weighted by Gasteiger charge is 2.32. The second-order valence-electron chi connectivity index (χ2n) is 9.59. The third kappa shape index (κ3) is 6.42. The van der Waals surface area contributed by atoms with Crippen molar-refractivity contribution in [2.75, 3.05) is 49.6 Å². The maximum absolute atomic E-state index is 12.8. The van der Waals surface area contributed by atoms with Gasteiger partial charge in [-0.25, -0.2) is 4.98 Å². The summed E-state index contributed by atoms with van der Waals surface area (Å²) in [7, 11) is 0. The highest BCUT2D eigenvalue weighted by Crippen LogP contribution is 2.28. The topological polar surface area (TPSA) is 95.0 Å². The number of rotatable bonds is 10. The molecule has 1 aliphatic carbocycles. The smallest absolute Gasteiger partial charge is 0.251 e. The molecular formula is C28H35N7O2. The number of aliphatic imine (C=N–C) groups is 1. The van der Waals surface area contributed by atoms with Crippen molar-refractivity contribution in [2.24, 2.45) is 4.99 Å². The fourth-order valence-electron chi connectivity index (χ4n) is 4.81. The second kappa shape index (κ2) is 12.1. The van der Waals surface area contributed by atoms with Gasteiger partial charge in [-0.05, 0) is 37.9 Å². The van der Waals surface area contributed by atoms with Gasteiger partial charge in [0.05, 0.1) is 44.0 Å². The molecule has 3 unspecified atom stereocenters. The molecule has 0 radical (unpaired) electrons. The van der Waals surface area contributed by atoms with Crippen LogP contribution in [0.25, 0.3) is 0 Å². The van der Waals surface area contributed by atoms with Gasteiger partial charge in [-0.1, -0.05) is 42.5 Å². The van der Waals surface area contributed by atoms with E-state index in [4.69, 9.17) is 9.72 Å². The van der Waals surface area contributed by atoms with Gasteiger partial charge in [-0.15, -0.1) is 0 Å². The van der Waals surface area contributed by atoms with E-state index in [2.05, 4.69) is 44.6 Å². The highest BCUT2D eigenvalue weighted by molar-refractivity contribution is 5.97. The van der Waals surface area contributed by atoms with Crippen LogP contribution in [0.3, 0.4) is 0 Å². The summed E-state index contributed by atoms with van der Waals surface area (Å²) in [5.74, 6) is 1.33. The van der Waals surface area contributed by atoms with Gasteiger partial charge in [-0.2, -0.15) is 0 Å². The van der Waals surface area contributed by atoms with E-state index in [9.17, 15) is 4.79 Å². The monoisotopic (exact) mass is 501 g/mol. The lowest BCUT2D eigenvalue weighted by molar-refractivity contribution is -0.117. The third-order valence-electron chi connectivity index (χ3n) is 6.96. The first-order chi connectivity index (χ1) is 18.2. The quantitative estimate of drug-likeness (QED) is 0.484. The van der Waals surface area contributed by atoms with Crippen LogP contribution < -0.4 is 15.5 Å². The largest absolute Gasteiger partial charge is 0.379 e. The normalized spacial score (nSPS) is 21.9. The molecule has 3 atom stereocenters. The van der Waals surface area contributed by atoms with Crippen LogP contribution >= 0.6 is 0 Å². The molecule has 1 fully saturated rings. The molecule has 3 aliphatic rings. The molecule has 194 valence electrons. The van der Waals surface area contributed by atoms with Gasteiger partial charge in [0.2, 0.25) is 0 Å². The van der Waals surface area contributed by atoms with Crippen molar-refractivity contribution in [3.05, 3.63) is 72.1 Å². The van der Waals surface area contributed by atoms with Crippen molar-refractivity contribution in [1.29, 1.82) is 0 Å². The molecule has 5 rings (SSSR count). The number of aromatic nitrogens is 2. The molecule has 2 aliphatic heterocycles. The molecule has 2 N–H and O–H groups in total. The zero-order chi connectivity index (χ0) is 25.5. The molecule has 0 spiro atoms. The van der Waals surface area contributed by atoms with Crippen molar-refractivity contribution in [2.45, 2.75) is 37.9 Å². The summed E-state index contributed by atoms with van der Waals surface area (Å²) in [5, 5.41) is 6.50. The minimum atomic E-state index is -0.108. The Balaban J connectivity index is 1.16. The van der Waals surface area contributed by atoms with E-state index in [0.717, 1.165) is 45.7 Å². The summed E-state index contributed by atoms with van der Waals surface area (Å²) in [5.41, 5.74) is 1.83. The van der Waals surface area contributed by atoms with Crippen molar-refractivity contribution in [1.82, 2.24) is 20.2 Å². The summed E-state index contributed by atoms with van der Waals surface area (Å²) in [6.45, 7) is 7.46. The van der Waals surface area contributed by atoms with Crippen LogP contribution in [0.5, 0.6) is 0 Å². The van der Waals surface area contributed by atoms with Crippen molar-refractivity contribution < 1.29 is 9.53 Å². The number of ether oxygens (including phenoxy) is 1. The molecule has 0 bridgehead atoms. The maximum Gasteiger partial charge on any atom is 0.251 e. The summed E-state index contributed by atoms with van der Waals surface area (Å²) in [4.78, 5) is 31.1. The lowest BCUT2D eigenvalue weighted by Crippen LogP contribution is -2.38. The van der Waals surface area contributed by atoms with Crippen LogP contribution in [0.1, 0.15) is 31.4 Å². The number of morpholine rings is 1. The Kier molecular flexibility index (Phi) is 8.22. The molecule has 0 saturated carbocycles. The fourth-order valence-corrected chi connectivity index (χ4v) is 4.81. The summed E-state index contributed by atoms with van der Waals surface area (Å²) >= 11 is 0. The molecule has 1 amide bonds. The van der Waals surface area contributed by atoms with Crippen LogP contribution in [0.4, 0.5) is 11.6 Å². The molecule has 9 heteroatoms. The number of nitrogens with zero attached hydrogens (tertiary/aromatic N) is 5. The molecule has 2 aromatic rings. The Hall–Kier alpha value is -3.56. The number of carbonyl (C=O) groups excluding carboxylic acids is 1. The first kappa shape index (κ1) is 25.1. The van der Waals surface area contributed by atoms with E-state index in [1.807, 2.05) is 41.3 Å². The number of benzene rings is 1. The predicted octanol–water partition coefficient (Wildman–Crippen LogP) is 2.96. The molecule has 1 aromatic carbocycles. The van der Waals surface area contributed by atoms with Crippen molar-refractivity contribution in [3.63, 3.8) is 0 Å². The lowest BCUT2D eigenvalue weighted by atomic mass is 9.97. The highest BCUT2D eigenvalue weighted by atomic mass is 16.5. The number of hydrogen-bond acceptors (Lipinski definition) is 8. The lowest BCUT2D eigenvalue weighted by Gasteiger charge is -2.27. The fraction of sp³-hybridized carbons (Fsp3) is 0.429. The Bertz CT molecular complexity index is 1140. The molecule has 3 heterocycles. The number of anilines is 2. The second-order valence-corrected chi connectivity index (χ2v) is 9.59. The van der Waals surface area contributed by atoms with E-state index >= 15 is 0 Å². The molecule has 1 aromatic heterocycles. The zero-order valence-corrected chi connectivity index (χ0v) is 21.3. The first-order valence-corrected chi connectivity index (χ1v) is 13.1. The van der Waals surface area contributed by atoms with Crippen LogP contribution in [-0.2, 0) is 9.53 Å². The number of hydrogen-bond donors (Lipinski definition) is 2. The standard InChI is InChI=1S/C28H35N7O2/c1-21(22-7-3-2-4-8-22)32-26-18-29-19-27(33-26)35-20-31-24-10-9-23(17-25(24)35)28(36)30-11-5-6-12-34-13-15-37-16-14-34/h2-4,7-10,17-21,24-25H,5-6,11-16H2,1H3,(H,30,36)(H,32,33). The molecular weight excluding hydrogens is 466 g/mol. The van der Waals surface area contributed by atoms with E-state index in [0.29, 0.717) is 23.8 Å². The number of carbonyl (C=O) groups is 1. The maximum atomic E-state index is 12.8. The van der Waals surface area contributed by atoms with Crippen molar-refractivity contribution in [3.8, 4) is 0 Å². The van der Waals surface area contributed by atoms with Crippen LogP contribution in [0.2, 0.25) is 0 Å². The Morgan fingerprint density at radius 1 is 1.16 bits per heavy atom. The Morgan fingerprint density at radius 3 is 2.84 bits per heavy atom.